The molecule has 1 amide bonds. The van der Waals surface area contributed by atoms with E-state index in [1.54, 1.807) is 12.1 Å². The number of nitrogens with one attached hydrogen (secondary N) is 1. The quantitative estimate of drug-likeness (QED) is 0.274. The zero-order valence-electron chi connectivity index (χ0n) is 20.3. The van der Waals surface area contributed by atoms with Gasteiger partial charge in [0.1, 0.15) is 0 Å². The second-order valence-electron chi connectivity index (χ2n) is 7.78. The van der Waals surface area contributed by atoms with Gasteiger partial charge in [0, 0.05) is 18.2 Å². The van der Waals surface area contributed by atoms with E-state index in [1.165, 1.54) is 50.8 Å². The summed E-state index contributed by atoms with van der Waals surface area (Å²) in [6.45, 7) is -0.485. The lowest BCUT2D eigenvalue weighted by atomic mass is 10.1. The molecule has 11 heteroatoms. The van der Waals surface area contributed by atoms with Crippen molar-refractivity contribution in [3.63, 3.8) is 0 Å². The maximum Gasteiger partial charge on any atom is 0.336 e. The van der Waals surface area contributed by atoms with Crippen LogP contribution in [0.3, 0.4) is 0 Å². The zero-order valence-corrected chi connectivity index (χ0v) is 21.1. The highest BCUT2D eigenvalue weighted by Crippen LogP contribution is 2.30. The molecule has 0 aliphatic carbocycles. The Morgan fingerprint density at radius 3 is 2.32 bits per heavy atom. The molecular formula is C26H27N3O7S. The van der Waals surface area contributed by atoms with E-state index in [4.69, 9.17) is 9.47 Å². The number of hydrogen-bond acceptors (Lipinski definition) is 7. The third-order valence-corrected chi connectivity index (χ3v) is 7.23. The molecule has 0 radical (unpaired) electrons. The van der Waals surface area contributed by atoms with Crippen molar-refractivity contribution in [2.24, 2.45) is 5.10 Å². The molecule has 0 aliphatic rings. The van der Waals surface area contributed by atoms with Crippen LogP contribution in [0.25, 0.3) is 0 Å². The predicted octanol–water partition coefficient (Wildman–Crippen LogP) is 2.79. The molecule has 3 aromatic carbocycles. The second kappa shape index (κ2) is 12.7. The van der Waals surface area contributed by atoms with E-state index < -0.39 is 28.4 Å². The monoisotopic (exact) mass is 525 g/mol. The molecule has 3 aromatic rings. The molecule has 10 nitrogen and oxygen atoms in total. The first-order chi connectivity index (χ1) is 17.8. The Morgan fingerprint density at radius 2 is 1.65 bits per heavy atom. The first-order valence-electron chi connectivity index (χ1n) is 11.2. The van der Waals surface area contributed by atoms with E-state index in [0.717, 1.165) is 9.87 Å². The van der Waals surface area contributed by atoms with Crippen LogP contribution in [0.2, 0.25) is 0 Å². The number of amides is 1. The van der Waals surface area contributed by atoms with Gasteiger partial charge in [0.2, 0.25) is 10.0 Å². The highest BCUT2D eigenvalue weighted by molar-refractivity contribution is 7.89. The lowest BCUT2D eigenvalue weighted by Gasteiger charge is -2.22. The summed E-state index contributed by atoms with van der Waals surface area (Å²) in [6, 6.07) is 19.6. The fourth-order valence-corrected chi connectivity index (χ4v) is 4.90. The summed E-state index contributed by atoms with van der Waals surface area (Å²) in [5.41, 5.74) is 3.48. The molecule has 0 unspecified atom stereocenters. The number of methoxy groups -OCH3 is 2. The van der Waals surface area contributed by atoms with Gasteiger partial charge in [-0.3, -0.25) is 4.79 Å². The van der Waals surface area contributed by atoms with Gasteiger partial charge in [-0.25, -0.2) is 18.6 Å². The van der Waals surface area contributed by atoms with Crippen LogP contribution in [-0.2, 0) is 21.2 Å². The Bertz CT molecular complexity index is 1380. The zero-order chi connectivity index (χ0) is 26.8. The second-order valence-corrected chi connectivity index (χ2v) is 9.71. The molecule has 3 rings (SSSR count). The molecule has 2 N–H and O–H groups in total. The van der Waals surface area contributed by atoms with Crippen molar-refractivity contribution in [2.75, 3.05) is 27.3 Å². The van der Waals surface area contributed by atoms with Crippen LogP contribution in [0.5, 0.6) is 11.5 Å². The van der Waals surface area contributed by atoms with Crippen molar-refractivity contribution in [3.05, 3.63) is 89.5 Å². The van der Waals surface area contributed by atoms with Crippen LogP contribution < -0.4 is 14.9 Å². The Labute approximate surface area is 215 Å². The Morgan fingerprint density at radius 1 is 0.973 bits per heavy atom. The Kier molecular flexibility index (Phi) is 9.36. The molecule has 0 aromatic heterocycles. The molecule has 0 bridgehead atoms. The number of aromatic carboxylic acids is 1. The van der Waals surface area contributed by atoms with Crippen LogP contribution >= 0.6 is 0 Å². The van der Waals surface area contributed by atoms with Gasteiger partial charge in [-0.05, 0) is 30.2 Å². The third kappa shape index (κ3) is 7.15. The van der Waals surface area contributed by atoms with Gasteiger partial charge < -0.3 is 14.6 Å². The molecule has 37 heavy (non-hydrogen) atoms. The number of sulfonamides is 1. The maximum atomic E-state index is 13.5. The van der Waals surface area contributed by atoms with Gasteiger partial charge in [-0.1, -0.05) is 48.5 Å². The van der Waals surface area contributed by atoms with E-state index in [0.29, 0.717) is 12.2 Å². The number of hydrogen-bond donors (Lipinski definition) is 2. The van der Waals surface area contributed by atoms with Gasteiger partial charge in [0.15, 0.2) is 11.5 Å². The van der Waals surface area contributed by atoms with Gasteiger partial charge >= 0.3 is 5.97 Å². The smallest absolute Gasteiger partial charge is 0.336 e. The molecule has 194 valence electrons. The van der Waals surface area contributed by atoms with Crippen molar-refractivity contribution in [1.82, 2.24) is 9.73 Å². The first-order valence-corrected chi connectivity index (χ1v) is 12.6. The number of ether oxygens (including phenoxy) is 2. The summed E-state index contributed by atoms with van der Waals surface area (Å²) >= 11 is 0. The molecule has 0 aliphatic heterocycles. The molecule has 0 fully saturated rings. The minimum absolute atomic E-state index is 0.0148. The number of nitrogens with zero attached hydrogens (tertiary/aromatic N) is 2. The molecule has 0 heterocycles. The van der Waals surface area contributed by atoms with E-state index in [-0.39, 0.29) is 28.3 Å². The van der Waals surface area contributed by atoms with Crippen molar-refractivity contribution in [2.45, 2.75) is 11.3 Å². The van der Waals surface area contributed by atoms with Crippen molar-refractivity contribution >= 4 is 28.1 Å². The summed E-state index contributed by atoms with van der Waals surface area (Å²) < 4.78 is 38.5. The summed E-state index contributed by atoms with van der Waals surface area (Å²) in [6.07, 6.45) is 1.56. The van der Waals surface area contributed by atoms with Crippen LogP contribution in [-0.4, -0.2) is 63.2 Å². The molecule has 0 saturated carbocycles. The van der Waals surface area contributed by atoms with Crippen LogP contribution in [0.15, 0.2) is 82.8 Å². The SMILES string of the molecule is COc1ccc(S(=O)(=O)N(CCc2ccccc2)CC(=O)N/N=C\c2ccccc2C(=O)O)cc1OC. The fourth-order valence-electron chi connectivity index (χ4n) is 3.48. The summed E-state index contributed by atoms with van der Waals surface area (Å²) in [7, 11) is -1.27. The van der Waals surface area contributed by atoms with Gasteiger partial charge in [0.25, 0.3) is 5.91 Å². The third-order valence-electron chi connectivity index (χ3n) is 5.39. The van der Waals surface area contributed by atoms with Crippen LogP contribution in [0.1, 0.15) is 21.5 Å². The number of carbonyl (C=O) groups is 2. The number of carboxylic acids is 1. The summed E-state index contributed by atoms with van der Waals surface area (Å²) in [5.74, 6) is -1.23. The minimum atomic E-state index is -4.11. The van der Waals surface area contributed by atoms with E-state index in [1.807, 2.05) is 30.3 Å². The van der Waals surface area contributed by atoms with Gasteiger partial charge in [-0.2, -0.15) is 9.41 Å². The highest BCUT2D eigenvalue weighted by Gasteiger charge is 2.27. The number of carboxylic acid groups (broad SMARTS) is 1. The standard InChI is InChI=1S/C26H27N3O7S/c1-35-23-13-12-21(16-24(23)36-2)37(33,34)29(15-14-19-8-4-3-5-9-19)18-25(30)28-27-17-20-10-6-7-11-22(20)26(31)32/h3-13,16-17H,14-15,18H2,1-2H3,(H,28,30)(H,31,32)/b27-17-. The molecule has 0 atom stereocenters. The predicted molar refractivity (Wildman–Crippen MR) is 138 cm³/mol. The summed E-state index contributed by atoms with van der Waals surface area (Å²) in [5, 5.41) is 13.1. The lowest BCUT2D eigenvalue weighted by Crippen LogP contribution is -2.40. The molecule has 0 spiro atoms. The fraction of sp³-hybridized carbons (Fsp3) is 0.192. The number of carbonyl (C=O) groups excluding carboxylic acids is 1. The molecular weight excluding hydrogens is 498 g/mol. The first kappa shape index (κ1) is 27.4. The average Bonchev–Trinajstić information content (AvgIpc) is 2.91. The number of hydrazone groups is 1. The topological polar surface area (TPSA) is 135 Å². The van der Waals surface area contributed by atoms with Crippen molar-refractivity contribution in [3.8, 4) is 11.5 Å². The number of rotatable bonds is 12. The van der Waals surface area contributed by atoms with Crippen molar-refractivity contribution < 1.29 is 32.6 Å². The van der Waals surface area contributed by atoms with Gasteiger partial charge in [-0.15, -0.1) is 0 Å². The van der Waals surface area contributed by atoms with E-state index >= 15 is 0 Å². The van der Waals surface area contributed by atoms with Crippen LogP contribution in [0.4, 0.5) is 0 Å². The average molecular weight is 526 g/mol. The largest absolute Gasteiger partial charge is 0.493 e. The Balaban J connectivity index is 1.82. The Hall–Kier alpha value is -4.22. The normalized spacial score (nSPS) is 11.4. The molecule has 0 saturated heterocycles. The summed E-state index contributed by atoms with van der Waals surface area (Å²) in [4.78, 5) is 24.0. The van der Waals surface area contributed by atoms with E-state index in [9.17, 15) is 23.1 Å². The van der Waals surface area contributed by atoms with E-state index in [2.05, 4.69) is 10.5 Å². The lowest BCUT2D eigenvalue weighted by molar-refractivity contribution is -0.121. The minimum Gasteiger partial charge on any atom is -0.493 e. The maximum absolute atomic E-state index is 13.5. The van der Waals surface area contributed by atoms with Gasteiger partial charge in [0.05, 0.1) is 37.4 Å². The van der Waals surface area contributed by atoms with Crippen molar-refractivity contribution in [1.29, 1.82) is 0 Å². The highest BCUT2D eigenvalue weighted by atomic mass is 32.2. The van der Waals surface area contributed by atoms with Crippen LogP contribution in [0, 0.1) is 0 Å². The number of benzene rings is 3.